The zero-order valence-electron chi connectivity index (χ0n) is 11.1. The molecule has 0 aromatic heterocycles. The second-order valence-corrected chi connectivity index (χ2v) is 6.60. The highest BCUT2D eigenvalue weighted by atomic mass is 32.2. The molecule has 18 heavy (non-hydrogen) atoms. The lowest BCUT2D eigenvalue weighted by atomic mass is 10.0. The van der Waals surface area contributed by atoms with Crippen molar-refractivity contribution < 1.29 is 18.3 Å². The minimum atomic E-state index is -3.54. The first-order chi connectivity index (χ1) is 8.16. The van der Waals surface area contributed by atoms with Crippen molar-refractivity contribution >= 4 is 15.8 Å². The lowest BCUT2D eigenvalue weighted by Crippen LogP contribution is -2.14. The summed E-state index contributed by atoms with van der Waals surface area (Å²) in [7, 11) is -3.54. The summed E-state index contributed by atoms with van der Waals surface area (Å²) in [5.41, 5.74) is 3.24. The molecule has 0 heterocycles. The number of carboxylic acids is 1. The molecule has 0 amide bonds. The van der Waals surface area contributed by atoms with E-state index in [-0.39, 0.29) is 12.2 Å². The molecule has 1 rings (SSSR count). The fourth-order valence-corrected chi connectivity index (χ4v) is 3.87. The molecule has 0 saturated carbocycles. The van der Waals surface area contributed by atoms with Crippen LogP contribution in [0, 0.1) is 27.7 Å². The first-order valence-electron chi connectivity index (χ1n) is 5.68. The Kier molecular flexibility index (Phi) is 4.16. The molecule has 5 heteroatoms. The van der Waals surface area contributed by atoms with E-state index in [0.29, 0.717) is 16.0 Å². The van der Waals surface area contributed by atoms with Gasteiger partial charge in [0.2, 0.25) is 0 Å². The fraction of sp³-hybridized carbons (Fsp3) is 0.462. The Morgan fingerprint density at radius 3 is 1.94 bits per heavy atom. The van der Waals surface area contributed by atoms with Crippen LogP contribution in [0.2, 0.25) is 0 Å². The van der Waals surface area contributed by atoms with E-state index >= 15 is 0 Å². The van der Waals surface area contributed by atoms with Crippen molar-refractivity contribution in [1.29, 1.82) is 0 Å². The first-order valence-corrected chi connectivity index (χ1v) is 7.34. The zero-order chi connectivity index (χ0) is 14.1. The Balaban J connectivity index is 3.36. The molecule has 0 aliphatic carbocycles. The van der Waals surface area contributed by atoms with Gasteiger partial charge >= 0.3 is 5.97 Å². The maximum absolute atomic E-state index is 12.2. The highest BCUT2D eigenvalue weighted by molar-refractivity contribution is 7.91. The van der Waals surface area contributed by atoms with Crippen molar-refractivity contribution in [2.75, 3.05) is 5.75 Å². The number of rotatable bonds is 4. The van der Waals surface area contributed by atoms with Crippen LogP contribution >= 0.6 is 0 Å². The van der Waals surface area contributed by atoms with E-state index in [1.54, 1.807) is 13.8 Å². The largest absolute Gasteiger partial charge is 0.481 e. The standard InChI is InChI=1S/C13H18O4S/c1-8-7-9(2)11(4)13(10(8)3)18(16,17)6-5-12(14)15/h7H,5-6H2,1-4H3,(H,14,15). The van der Waals surface area contributed by atoms with Crippen molar-refractivity contribution in [1.82, 2.24) is 0 Å². The SMILES string of the molecule is Cc1cc(C)c(C)c(S(=O)(=O)CCC(=O)O)c1C. The lowest BCUT2D eigenvalue weighted by molar-refractivity contribution is -0.136. The van der Waals surface area contributed by atoms with Gasteiger partial charge in [-0.05, 0) is 49.9 Å². The van der Waals surface area contributed by atoms with Gasteiger partial charge in [-0.1, -0.05) is 6.07 Å². The van der Waals surface area contributed by atoms with Crippen LogP contribution in [0.25, 0.3) is 0 Å². The Bertz CT molecular complexity index is 559. The predicted octanol–water partition coefficient (Wildman–Crippen LogP) is 2.17. The molecule has 1 N–H and O–H groups in total. The number of hydrogen-bond donors (Lipinski definition) is 1. The first kappa shape index (κ1) is 14.7. The van der Waals surface area contributed by atoms with Gasteiger partial charge in [0.1, 0.15) is 0 Å². The highest BCUT2D eigenvalue weighted by Crippen LogP contribution is 2.27. The summed E-state index contributed by atoms with van der Waals surface area (Å²) in [5.74, 6) is -1.45. The molecule has 0 spiro atoms. The van der Waals surface area contributed by atoms with Crippen LogP contribution in [0.15, 0.2) is 11.0 Å². The molecular weight excluding hydrogens is 252 g/mol. The molecule has 0 aliphatic rings. The summed E-state index contributed by atoms with van der Waals surface area (Å²) in [6.45, 7) is 7.24. The van der Waals surface area contributed by atoms with Crippen LogP contribution in [0.3, 0.4) is 0 Å². The number of benzene rings is 1. The maximum Gasteiger partial charge on any atom is 0.304 e. The van der Waals surface area contributed by atoms with Gasteiger partial charge < -0.3 is 5.11 Å². The van der Waals surface area contributed by atoms with Crippen molar-refractivity contribution in [2.45, 2.75) is 39.0 Å². The van der Waals surface area contributed by atoms with E-state index in [1.165, 1.54) is 0 Å². The van der Waals surface area contributed by atoms with E-state index < -0.39 is 15.8 Å². The molecule has 100 valence electrons. The summed E-state index contributed by atoms with van der Waals surface area (Å²) in [4.78, 5) is 10.8. The third-order valence-corrected chi connectivity index (χ3v) is 5.17. The van der Waals surface area contributed by atoms with Gasteiger partial charge in [0.25, 0.3) is 0 Å². The number of sulfone groups is 1. The molecule has 0 atom stereocenters. The van der Waals surface area contributed by atoms with Crippen LogP contribution in [0.1, 0.15) is 28.7 Å². The number of carboxylic acid groups (broad SMARTS) is 1. The fourth-order valence-electron chi connectivity index (χ4n) is 1.97. The number of carbonyl (C=O) groups is 1. The third-order valence-electron chi connectivity index (χ3n) is 3.19. The summed E-state index contributed by atoms with van der Waals surface area (Å²) < 4.78 is 24.4. The Labute approximate surface area is 108 Å². The summed E-state index contributed by atoms with van der Waals surface area (Å²) >= 11 is 0. The Hall–Kier alpha value is -1.36. The average Bonchev–Trinajstić information content (AvgIpc) is 2.24. The number of hydrogen-bond acceptors (Lipinski definition) is 3. The van der Waals surface area contributed by atoms with Crippen molar-refractivity contribution in [3.8, 4) is 0 Å². The van der Waals surface area contributed by atoms with Crippen LogP contribution in [0.4, 0.5) is 0 Å². The van der Waals surface area contributed by atoms with Crippen LogP contribution in [-0.4, -0.2) is 25.2 Å². The zero-order valence-corrected chi connectivity index (χ0v) is 11.9. The van der Waals surface area contributed by atoms with E-state index in [4.69, 9.17) is 5.11 Å². The van der Waals surface area contributed by atoms with Crippen molar-refractivity contribution in [2.24, 2.45) is 0 Å². The Morgan fingerprint density at radius 2 is 1.56 bits per heavy atom. The number of aliphatic carboxylic acids is 1. The molecule has 0 bridgehead atoms. The minimum Gasteiger partial charge on any atom is -0.481 e. The van der Waals surface area contributed by atoms with Gasteiger partial charge in [-0.15, -0.1) is 0 Å². The topological polar surface area (TPSA) is 71.4 Å². The normalized spacial score (nSPS) is 11.6. The van der Waals surface area contributed by atoms with Gasteiger partial charge in [0, 0.05) is 0 Å². The molecule has 0 saturated heterocycles. The van der Waals surface area contributed by atoms with Crippen molar-refractivity contribution in [3.05, 3.63) is 28.3 Å². The summed E-state index contributed by atoms with van der Waals surface area (Å²) in [6.07, 6.45) is -0.367. The van der Waals surface area contributed by atoms with E-state index in [9.17, 15) is 13.2 Å². The third kappa shape index (κ3) is 2.90. The second-order valence-electron chi connectivity index (χ2n) is 4.55. The van der Waals surface area contributed by atoms with Gasteiger partial charge in [0.15, 0.2) is 9.84 Å². The van der Waals surface area contributed by atoms with Gasteiger partial charge in [-0.25, -0.2) is 8.42 Å². The van der Waals surface area contributed by atoms with Crippen LogP contribution in [-0.2, 0) is 14.6 Å². The molecule has 0 fully saturated rings. The highest BCUT2D eigenvalue weighted by Gasteiger charge is 2.22. The van der Waals surface area contributed by atoms with Crippen molar-refractivity contribution in [3.63, 3.8) is 0 Å². The predicted molar refractivity (Wildman–Crippen MR) is 69.7 cm³/mol. The summed E-state index contributed by atoms with van der Waals surface area (Å²) in [5, 5.41) is 8.61. The average molecular weight is 270 g/mol. The second kappa shape index (κ2) is 5.10. The van der Waals surface area contributed by atoms with Crippen LogP contribution in [0.5, 0.6) is 0 Å². The molecule has 0 aliphatic heterocycles. The summed E-state index contributed by atoms with van der Waals surface area (Å²) in [6, 6.07) is 1.95. The molecular formula is C13H18O4S. The molecule has 0 unspecified atom stereocenters. The Morgan fingerprint density at radius 1 is 1.11 bits per heavy atom. The number of aryl methyl sites for hydroxylation is 2. The van der Waals surface area contributed by atoms with E-state index in [0.717, 1.165) is 11.1 Å². The van der Waals surface area contributed by atoms with E-state index in [1.807, 2.05) is 19.9 Å². The molecule has 4 nitrogen and oxygen atoms in total. The quantitative estimate of drug-likeness (QED) is 0.910. The van der Waals surface area contributed by atoms with Gasteiger partial charge in [-0.3, -0.25) is 4.79 Å². The van der Waals surface area contributed by atoms with Gasteiger partial charge in [-0.2, -0.15) is 0 Å². The smallest absolute Gasteiger partial charge is 0.304 e. The van der Waals surface area contributed by atoms with E-state index in [2.05, 4.69) is 0 Å². The monoisotopic (exact) mass is 270 g/mol. The molecule has 0 radical (unpaired) electrons. The molecule has 1 aromatic carbocycles. The molecule has 1 aromatic rings. The maximum atomic E-state index is 12.2. The minimum absolute atomic E-state index is 0.293. The van der Waals surface area contributed by atoms with Crippen LogP contribution < -0.4 is 0 Å². The van der Waals surface area contributed by atoms with Gasteiger partial charge in [0.05, 0.1) is 17.1 Å². The lowest BCUT2D eigenvalue weighted by Gasteiger charge is -2.15.